The van der Waals surface area contributed by atoms with E-state index in [0.717, 1.165) is 32.1 Å². The topological polar surface area (TPSA) is 141 Å². The fourth-order valence-electron chi connectivity index (χ4n) is 1.20. The molecule has 168 valence electrons. The molecule has 10 heteroatoms. The van der Waals surface area contributed by atoms with Gasteiger partial charge in [0.15, 0.2) is 0 Å². The Morgan fingerprint density at radius 2 is 1.27 bits per heavy atom. The van der Waals surface area contributed by atoms with Gasteiger partial charge in [-0.3, -0.25) is 4.79 Å². The molecule has 3 atom stereocenters. The van der Waals surface area contributed by atoms with Crippen molar-refractivity contribution in [2.24, 2.45) is 28.3 Å². The first-order chi connectivity index (χ1) is 10.1. The van der Waals surface area contributed by atoms with E-state index in [1.54, 1.807) is 0 Å². The Kier molecular flexibility index (Phi) is 53.7. The number of unbranched alkanes of at least 4 members (excludes halogenated alkanes) is 2. The van der Waals surface area contributed by atoms with Crippen molar-refractivity contribution in [3.8, 4) is 0 Å². The number of nitrogens with two attached hydrogens (primary N) is 4. The molecule has 0 heterocycles. The van der Waals surface area contributed by atoms with Crippen LogP contribution in [-0.4, -0.2) is 36.2 Å². The largest absolute Gasteiger partial charge is 3.00 e. The molecule has 3 unspecified atom stereocenters. The number of hydrogen-bond donors (Lipinski definition) is 5. The van der Waals surface area contributed by atoms with Crippen molar-refractivity contribution in [3.05, 3.63) is 0 Å². The Morgan fingerprint density at radius 1 is 0.962 bits per heavy atom. The first-order valence-corrected chi connectivity index (χ1v) is 8.25. The van der Waals surface area contributed by atoms with Gasteiger partial charge in [-0.15, -0.1) is 0 Å². The Bertz CT molecular complexity index is 260. The van der Waals surface area contributed by atoms with Crippen molar-refractivity contribution in [3.63, 3.8) is 0 Å². The van der Waals surface area contributed by atoms with Gasteiger partial charge in [-0.2, -0.15) is 0 Å². The van der Waals surface area contributed by atoms with E-state index in [-0.39, 0.29) is 71.7 Å². The Balaban J connectivity index is -0.0000000443. The third-order valence-corrected chi connectivity index (χ3v) is 3.37. The molecule has 0 radical (unpaired) electrons. The molecule has 0 aliphatic carbocycles. The summed E-state index contributed by atoms with van der Waals surface area (Å²) < 4.78 is 0. The molecule has 0 aromatic carbocycles. The maximum Gasteiger partial charge on any atom is 3.00 e. The normalized spacial score (nSPS) is 13.0. The summed E-state index contributed by atoms with van der Waals surface area (Å²) in [6, 6.07) is 0.324. The van der Waals surface area contributed by atoms with Gasteiger partial charge in [-0.25, -0.2) is 0 Å². The summed E-state index contributed by atoms with van der Waals surface area (Å²) in [6.45, 7) is 10.8. The summed E-state index contributed by atoms with van der Waals surface area (Å²) >= 11 is 0. The van der Waals surface area contributed by atoms with E-state index in [9.17, 15) is 4.79 Å². The van der Waals surface area contributed by atoms with E-state index in [1.807, 2.05) is 27.7 Å². The van der Waals surface area contributed by atoms with Crippen molar-refractivity contribution in [1.82, 2.24) is 0 Å². The molecule has 9 N–H and O–H groups in total. The fraction of sp³-hybridized carbons (Fsp3) is 0.938. The molecule has 6 nitrogen and oxygen atoms in total. The van der Waals surface area contributed by atoms with Gasteiger partial charge >= 0.3 is 28.3 Å². The Hall–Kier alpha value is 0.920. The average molecular weight is 624 g/mol. The van der Waals surface area contributed by atoms with Gasteiger partial charge in [0.1, 0.15) is 0 Å². The summed E-state index contributed by atoms with van der Waals surface area (Å²) in [5, 5.41) is 8.93. The number of hydrogen-bond acceptors (Lipinski definition) is 5. The fourth-order valence-corrected chi connectivity index (χ4v) is 1.20. The van der Waals surface area contributed by atoms with Gasteiger partial charge in [-0.1, -0.05) is 33.1 Å². The van der Waals surface area contributed by atoms with E-state index >= 15 is 0 Å². The van der Waals surface area contributed by atoms with Gasteiger partial charge in [0, 0.05) is 25.2 Å². The third kappa shape index (κ3) is 35.9. The zero-order valence-electron chi connectivity index (χ0n) is 16.7. The zero-order valence-corrected chi connectivity index (χ0v) is 21.1. The molecular weight excluding hydrogens is 584 g/mol. The quantitative estimate of drug-likeness (QED) is 0.135. The summed E-state index contributed by atoms with van der Waals surface area (Å²) in [5.41, 5.74) is 19.9. The standard InChI is InChI=1S/C10H20O2.2C3H10N2.Au.3ClH/c1-4-6-7-8-10(3,5-2)9(11)12;2*1-3(5)2-4;;;;/h4-8H2,1-3H3,(H,11,12);2*3H,2,4-5H2,1H3;;3*1H/q;;;+3;;;/p-3. The maximum absolute atomic E-state index is 10.8. The summed E-state index contributed by atoms with van der Waals surface area (Å²) in [4.78, 5) is 10.8. The van der Waals surface area contributed by atoms with Crippen LogP contribution in [0.1, 0.15) is 66.7 Å². The molecule has 0 fully saturated rings. The Labute approximate surface area is 195 Å². The molecule has 0 spiro atoms. The molecule has 0 saturated heterocycles. The first kappa shape index (κ1) is 45.6. The molecule has 0 aromatic rings. The van der Waals surface area contributed by atoms with E-state index in [2.05, 4.69) is 6.92 Å². The number of halogens is 3. The summed E-state index contributed by atoms with van der Waals surface area (Å²) in [7, 11) is 0. The van der Waals surface area contributed by atoms with Crippen LogP contribution in [0.25, 0.3) is 0 Å². The van der Waals surface area contributed by atoms with Crippen LogP contribution >= 0.6 is 0 Å². The third-order valence-electron chi connectivity index (χ3n) is 3.37. The second kappa shape index (κ2) is 30.6. The van der Waals surface area contributed by atoms with Crippen molar-refractivity contribution < 1.29 is 69.5 Å². The van der Waals surface area contributed by atoms with Crippen LogP contribution in [0, 0.1) is 5.41 Å². The van der Waals surface area contributed by atoms with Crippen LogP contribution in [0.15, 0.2) is 0 Å². The van der Waals surface area contributed by atoms with E-state index < -0.39 is 11.4 Å². The van der Waals surface area contributed by atoms with Gasteiger partial charge in [0.05, 0.1) is 5.41 Å². The van der Waals surface area contributed by atoms with Crippen LogP contribution in [-0.2, 0) is 27.2 Å². The van der Waals surface area contributed by atoms with E-state index in [0.29, 0.717) is 13.1 Å². The SMILES string of the molecule is CC(N)CN.CC(N)CN.CCCCCC(C)(CC)C(=O)O.[Au+3].[Cl-].[Cl-].[Cl-]. The number of carboxylic acids is 1. The van der Waals surface area contributed by atoms with Crippen LogP contribution in [0.2, 0.25) is 0 Å². The first-order valence-electron chi connectivity index (χ1n) is 8.25. The van der Waals surface area contributed by atoms with Gasteiger partial charge in [0.25, 0.3) is 0 Å². The minimum atomic E-state index is -0.652. The van der Waals surface area contributed by atoms with Crippen LogP contribution in [0.4, 0.5) is 0 Å². The van der Waals surface area contributed by atoms with E-state index in [1.165, 1.54) is 0 Å². The average Bonchev–Trinajstić information content (AvgIpc) is 2.48. The molecule has 0 amide bonds. The van der Waals surface area contributed by atoms with Crippen LogP contribution in [0.3, 0.4) is 0 Å². The molecule has 0 rings (SSSR count). The van der Waals surface area contributed by atoms with Crippen LogP contribution in [0.5, 0.6) is 0 Å². The van der Waals surface area contributed by atoms with E-state index in [4.69, 9.17) is 28.0 Å². The number of rotatable bonds is 8. The molecule has 0 aliphatic rings. The molecular formula is C16H40AuCl3N4O2. The second-order valence-corrected chi connectivity index (χ2v) is 6.10. The minimum Gasteiger partial charge on any atom is -1.00 e. The smallest absolute Gasteiger partial charge is 1.00 e. The van der Waals surface area contributed by atoms with Gasteiger partial charge in [-0.05, 0) is 33.6 Å². The number of carbonyl (C=O) groups is 1. The molecule has 0 saturated carbocycles. The van der Waals surface area contributed by atoms with Crippen molar-refractivity contribution >= 4 is 5.97 Å². The van der Waals surface area contributed by atoms with Crippen molar-refractivity contribution in [1.29, 1.82) is 0 Å². The van der Waals surface area contributed by atoms with Crippen molar-refractivity contribution in [2.45, 2.75) is 78.8 Å². The monoisotopic (exact) mass is 622 g/mol. The van der Waals surface area contributed by atoms with Crippen LogP contribution < -0.4 is 60.2 Å². The predicted molar refractivity (Wildman–Crippen MR) is 95.6 cm³/mol. The van der Waals surface area contributed by atoms with Crippen molar-refractivity contribution in [2.75, 3.05) is 13.1 Å². The second-order valence-electron chi connectivity index (χ2n) is 6.10. The van der Waals surface area contributed by atoms with Gasteiger partial charge in [0.2, 0.25) is 0 Å². The molecule has 26 heavy (non-hydrogen) atoms. The molecule has 0 aromatic heterocycles. The number of carboxylic acid groups (broad SMARTS) is 1. The van der Waals surface area contributed by atoms with Gasteiger partial charge < -0.3 is 65.3 Å². The summed E-state index contributed by atoms with van der Waals surface area (Å²) in [6.07, 6.45) is 4.87. The maximum atomic E-state index is 10.8. The number of aliphatic carboxylic acids is 1. The molecule has 0 bridgehead atoms. The zero-order chi connectivity index (χ0) is 18.2. The predicted octanol–water partition coefficient (Wildman–Crippen LogP) is -7.34. The minimum absolute atomic E-state index is 0. The Morgan fingerprint density at radius 3 is 1.42 bits per heavy atom. The summed E-state index contributed by atoms with van der Waals surface area (Å²) in [5.74, 6) is -0.652. The molecule has 0 aliphatic heterocycles.